The number of pyridine rings is 1. The number of carbonyl (C=O) groups excluding carboxylic acids is 1. The minimum Gasteiger partial charge on any atom is -0.306 e. The number of rotatable bonds is 3. The second kappa shape index (κ2) is 6.92. The summed E-state index contributed by atoms with van der Waals surface area (Å²) in [6.07, 6.45) is 3.72. The van der Waals surface area contributed by atoms with Crippen molar-refractivity contribution in [2.45, 2.75) is 19.9 Å². The largest absolute Gasteiger partial charge is 0.306 e. The Morgan fingerprint density at radius 2 is 1.77 bits per heavy atom. The molecule has 0 bridgehead atoms. The summed E-state index contributed by atoms with van der Waals surface area (Å²) in [6, 6.07) is 19.9. The molecule has 1 aromatic heterocycles. The fraction of sp³-hybridized carbons (Fsp3) is 0.136. The van der Waals surface area contributed by atoms with E-state index in [1.54, 1.807) is 12.4 Å². The topological polar surface area (TPSA) is 45.6 Å². The number of amides is 1. The van der Waals surface area contributed by atoms with E-state index in [2.05, 4.69) is 4.98 Å². The maximum Gasteiger partial charge on any atom is 0.233 e. The molecule has 1 aliphatic rings. The normalized spacial score (nSPS) is 13.8. The Balaban J connectivity index is 1.79. The van der Waals surface area contributed by atoms with E-state index in [0.717, 1.165) is 33.8 Å². The molecule has 0 atom stereocenters. The predicted octanol–water partition coefficient (Wildman–Crippen LogP) is 4.45. The highest BCUT2D eigenvalue weighted by molar-refractivity contribution is 6.17. The van der Waals surface area contributed by atoms with Gasteiger partial charge in [-0.15, -0.1) is 0 Å². The molecular weight excluding hydrogens is 322 g/mol. The van der Waals surface area contributed by atoms with Gasteiger partial charge in [0, 0.05) is 12.4 Å². The van der Waals surface area contributed by atoms with Gasteiger partial charge in [0.05, 0.1) is 30.1 Å². The van der Waals surface area contributed by atoms with Crippen molar-refractivity contribution < 1.29 is 4.79 Å². The van der Waals surface area contributed by atoms with Crippen LogP contribution < -0.4 is 4.90 Å². The molecular formula is C22H19N3O. The van der Waals surface area contributed by atoms with Crippen molar-refractivity contribution in [2.24, 2.45) is 4.99 Å². The van der Waals surface area contributed by atoms with Crippen LogP contribution in [0.5, 0.6) is 0 Å². The highest BCUT2D eigenvalue weighted by Crippen LogP contribution is 2.34. The average Bonchev–Trinajstić information content (AvgIpc) is 2.80. The van der Waals surface area contributed by atoms with Gasteiger partial charge in [0.25, 0.3) is 0 Å². The van der Waals surface area contributed by atoms with Gasteiger partial charge in [-0.2, -0.15) is 0 Å². The van der Waals surface area contributed by atoms with Crippen molar-refractivity contribution in [3.05, 3.63) is 89.7 Å². The Kier molecular flexibility index (Phi) is 4.32. The number of anilines is 1. The summed E-state index contributed by atoms with van der Waals surface area (Å²) in [4.78, 5) is 23.8. The third-order valence-electron chi connectivity index (χ3n) is 4.49. The first-order valence-electron chi connectivity index (χ1n) is 8.63. The number of hydrogen-bond acceptors (Lipinski definition) is 3. The molecule has 4 rings (SSSR count). The molecule has 128 valence electrons. The molecule has 0 saturated carbocycles. The molecule has 0 N–H and O–H groups in total. The second-order valence-corrected chi connectivity index (χ2v) is 6.43. The summed E-state index contributed by atoms with van der Waals surface area (Å²) in [5, 5.41) is 0. The molecule has 2 aromatic carbocycles. The van der Waals surface area contributed by atoms with Gasteiger partial charge >= 0.3 is 0 Å². The van der Waals surface area contributed by atoms with Crippen molar-refractivity contribution in [3.8, 4) is 0 Å². The van der Waals surface area contributed by atoms with Crippen molar-refractivity contribution in [1.29, 1.82) is 0 Å². The van der Waals surface area contributed by atoms with Crippen LogP contribution in [0.15, 0.2) is 78.0 Å². The Morgan fingerprint density at radius 1 is 1.00 bits per heavy atom. The van der Waals surface area contributed by atoms with Crippen LogP contribution in [0.1, 0.15) is 23.1 Å². The highest BCUT2D eigenvalue weighted by atomic mass is 16.2. The molecule has 1 amide bonds. The van der Waals surface area contributed by atoms with Crippen molar-refractivity contribution >= 4 is 23.0 Å². The molecule has 0 fully saturated rings. The first-order chi connectivity index (χ1) is 12.7. The molecule has 0 radical (unpaired) electrons. The number of aromatic nitrogens is 1. The Hall–Kier alpha value is -3.27. The average molecular weight is 341 g/mol. The number of hydrogen-bond donors (Lipinski definition) is 0. The third kappa shape index (κ3) is 3.26. The van der Waals surface area contributed by atoms with E-state index < -0.39 is 0 Å². The quantitative estimate of drug-likeness (QED) is 0.706. The van der Waals surface area contributed by atoms with E-state index in [-0.39, 0.29) is 12.3 Å². The summed E-state index contributed by atoms with van der Waals surface area (Å²) in [5.41, 5.74) is 5.60. The summed E-state index contributed by atoms with van der Waals surface area (Å²) in [7, 11) is 0. The van der Waals surface area contributed by atoms with E-state index in [4.69, 9.17) is 4.99 Å². The van der Waals surface area contributed by atoms with E-state index >= 15 is 0 Å². The Morgan fingerprint density at radius 3 is 2.54 bits per heavy atom. The van der Waals surface area contributed by atoms with Gasteiger partial charge in [-0.25, -0.2) is 0 Å². The van der Waals surface area contributed by atoms with Crippen LogP contribution in [-0.4, -0.2) is 16.6 Å². The first kappa shape index (κ1) is 16.2. The molecule has 2 heterocycles. The van der Waals surface area contributed by atoms with E-state index in [9.17, 15) is 4.79 Å². The van der Waals surface area contributed by atoms with Gasteiger partial charge in [-0.05, 0) is 47.9 Å². The maximum atomic E-state index is 13.1. The number of nitrogens with zero attached hydrogens (tertiary/aromatic N) is 3. The lowest BCUT2D eigenvalue weighted by molar-refractivity contribution is -0.117. The molecule has 0 aliphatic carbocycles. The summed E-state index contributed by atoms with van der Waals surface area (Å²) in [6.45, 7) is 2.57. The fourth-order valence-electron chi connectivity index (χ4n) is 3.15. The Labute approximate surface area is 152 Å². The number of aliphatic imine (C=N–C) groups is 1. The molecule has 26 heavy (non-hydrogen) atoms. The van der Waals surface area contributed by atoms with E-state index in [1.165, 1.54) is 0 Å². The smallest absolute Gasteiger partial charge is 0.233 e. The Bertz CT molecular complexity index is 965. The standard InChI is InChI=1S/C22H19N3O/c1-16-7-8-19-21(13-16)25(15-17-5-3-2-4-6-17)22(26)14-20(24-19)18-9-11-23-12-10-18/h2-13H,14-15H2,1H3. The van der Waals surface area contributed by atoms with Crippen molar-refractivity contribution in [1.82, 2.24) is 4.98 Å². The molecule has 1 aliphatic heterocycles. The van der Waals surface area contributed by atoms with Crippen LogP contribution in [0.4, 0.5) is 11.4 Å². The number of benzene rings is 2. The van der Waals surface area contributed by atoms with Crippen LogP contribution in [0.3, 0.4) is 0 Å². The molecule has 0 spiro atoms. The SMILES string of the molecule is Cc1ccc2c(c1)N(Cc1ccccc1)C(=O)CC(c1ccncc1)=N2. The molecule has 0 saturated heterocycles. The summed E-state index contributed by atoms with van der Waals surface area (Å²) < 4.78 is 0. The van der Waals surface area contributed by atoms with Gasteiger partial charge in [-0.3, -0.25) is 14.8 Å². The lowest BCUT2D eigenvalue weighted by atomic mass is 10.1. The van der Waals surface area contributed by atoms with Gasteiger partial charge in [-0.1, -0.05) is 36.4 Å². The zero-order chi connectivity index (χ0) is 17.9. The minimum absolute atomic E-state index is 0.0498. The van der Waals surface area contributed by atoms with Gasteiger partial charge in [0.1, 0.15) is 0 Å². The van der Waals surface area contributed by atoms with Crippen LogP contribution in [0.2, 0.25) is 0 Å². The van der Waals surface area contributed by atoms with Gasteiger partial charge < -0.3 is 4.90 Å². The lowest BCUT2D eigenvalue weighted by Crippen LogP contribution is -2.31. The van der Waals surface area contributed by atoms with Crippen LogP contribution in [0.25, 0.3) is 0 Å². The number of aryl methyl sites for hydroxylation is 1. The van der Waals surface area contributed by atoms with Crippen molar-refractivity contribution in [3.63, 3.8) is 0 Å². The number of carbonyl (C=O) groups is 1. The van der Waals surface area contributed by atoms with Gasteiger partial charge in [0.2, 0.25) is 5.91 Å². The number of fused-ring (bicyclic) bond motifs is 1. The van der Waals surface area contributed by atoms with Crippen molar-refractivity contribution in [2.75, 3.05) is 4.90 Å². The van der Waals surface area contributed by atoms with E-state index in [1.807, 2.05) is 72.5 Å². The second-order valence-electron chi connectivity index (χ2n) is 6.43. The van der Waals surface area contributed by atoms with E-state index in [0.29, 0.717) is 6.54 Å². The zero-order valence-corrected chi connectivity index (χ0v) is 14.6. The third-order valence-corrected chi connectivity index (χ3v) is 4.49. The minimum atomic E-state index is 0.0498. The van der Waals surface area contributed by atoms with Gasteiger partial charge in [0.15, 0.2) is 0 Å². The summed E-state index contributed by atoms with van der Waals surface area (Å²) >= 11 is 0. The predicted molar refractivity (Wildman–Crippen MR) is 104 cm³/mol. The van der Waals surface area contributed by atoms with Crippen LogP contribution in [0, 0.1) is 6.92 Å². The molecule has 0 unspecified atom stereocenters. The monoisotopic (exact) mass is 341 g/mol. The maximum absolute atomic E-state index is 13.1. The molecule has 3 aromatic rings. The van der Waals surface area contributed by atoms with Crippen LogP contribution in [-0.2, 0) is 11.3 Å². The highest BCUT2D eigenvalue weighted by Gasteiger charge is 2.25. The van der Waals surface area contributed by atoms with Crippen LogP contribution >= 0.6 is 0 Å². The molecule has 4 nitrogen and oxygen atoms in total. The lowest BCUT2D eigenvalue weighted by Gasteiger charge is -2.23. The summed E-state index contributed by atoms with van der Waals surface area (Å²) in [5.74, 6) is 0.0498. The fourth-order valence-corrected chi connectivity index (χ4v) is 3.15. The first-order valence-corrected chi connectivity index (χ1v) is 8.63. The molecule has 4 heteroatoms. The zero-order valence-electron chi connectivity index (χ0n) is 14.6.